The van der Waals surface area contributed by atoms with Crippen molar-refractivity contribution in [3.8, 4) is 17.6 Å². The zero-order valence-electron chi connectivity index (χ0n) is 20.4. The van der Waals surface area contributed by atoms with E-state index in [4.69, 9.17) is 4.74 Å². The van der Waals surface area contributed by atoms with Crippen LogP contribution in [-0.2, 0) is 6.54 Å². The maximum Gasteiger partial charge on any atom is 0.255 e. The predicted molar refractivity (Wildman–Crippen MR) is 139 cm³/mol. The van der Waals surface area contributed by atoms with Gasteiger partial charge in [-0.15, -0.1) is 0 Å². The summed E-state index contributed by atoms with van der Waals surface area (Å²) in [6, 6.07) is 15.0. The Morgan fingerprint density at radius 3 is 2.72 bits per heavy atom. The number of amides is 1. The second-order valence-corrected chi connectivity index (χ2v) is 8.91. The molecule has 8 nitrogen and oxygen atoms in total. The van der Waals surface area contributed by atoms with Crippen molar-refractivity contribution in [2.45, 2.75) is 6.54 Å². The number of aromatic nitrogens is 3. The molecule has 8 heteroatoms. The van der Waals surface area contributed by atoms with E-state index in [1.165, 1.54) is 0 Å². The molecule has 1 amide bonds. The molecule has 2 aromatic heterocycles. The van der Waals surface area contributed by atoms with Crippen molar-refractivity contribution in [2.24, 2.45) is 0 Å². The van der Waals surface area contributed by atoms with Crippen LogP contribution in [0.25, 0.3) is 5.65 Å². The molecule has 0 saturated carbocycles. The Hall–Kier alpha value is -4.19. The Morgan fingerprint density at radius 1 is 1.06 bits per heavy atom. The molecular weight excluding hydrogens is 452 g/mol. The number of fused-ring (bicyclic) bond motifs is 1. The van der Waals surface area contributed by atoms with Crippen molar-refractivity contribution in [1.29, 1.82) is 0 Å². The number of methoxy groups -OCH3 is 1. The molecule has 5 rings (SSSR count). The largest absolute Gasteiger partial charge is 0.497 e. The molecule has 1 fully saturated rings. The van der Waals surface area contributed by atoms with Gasteiger partial charge in [-0.05, 0) is 42.9 Å². The number of anilines is 1. The zero-order chi connectivity index (χ0) is 24.9. The van der Waals surface area contributed by atoms with Crippen molar-refractivity contribution in [3.05, 3.63) is 89.4 Å². The molecule has 1 aliphatic heterocycles. The standard InChI is InChI=1S/C28H28N6O2/c1-32-10-12-33(13-11-32)19-23-15-25(17-26(16-23)36-2)31-28(35)24-5-3-4-21(14-24)6-7-22-18-29-27-8-9-30-34(27)20-22/h3-5,8-9,14-18,20H,10-13,19H2,1-2H3,(H,31,35). The van der Waals surface area contributed by atoms with Gasteiger partial charge in [-0.2, -0.15) is 5.10 Å². The van der Waals surface area contributed by atoms with Crippen LogP contribution in [0.2, 0.25) is 0 Å². The lowest BCUT2D eigenvalue weighted by Crippen LogP contribution is -2.43. The molecule has 1 aliphatic rings. The van der Waals surface area contributed by atoms with Crippen LogP contribution < -0.4 is 10.1 Å². The van der Waals surface area contributed by atoms with Crippen LogP contribution in [0.1, 0.15) is 27.0 Å². The van der Waals surface area contributed by atoms with Gasteiger partial charge in [0.25, 0.3) is 5.91 Å². The number of hydrogen-bond donors (Lipinski definition) is 1. The quantitative estimate of drug-likeness (QED) is 0.443. The molecule has 0 radical (unpaired) electrons. The number of carbonyl (C=O) groups excluding carboxylic acids is 1. The highest BCUT2D eigenvalue weighted by Crippen LogP contribution is 2.23. The fourth-order valence-corrected chi connectivity index (χ4v) is 4.17. The smallest absolute Gasteiger partial charge is 0.255 e. The van der Waals surface area contributed by atoms with Gasteiger partial charge in [0, 0.05) is 74.1 Å². The van der Waals surface area contributed by atoms with Crippen molar-refractivity contribution < 1.29 is 9.53 Å². The van der Waals surface area contributed by atoms with Crippen molar-refractivity contribution in [2.75, 3.05) is 45.7 Å². The molecule has 1 N–H and O–H groups in total. The third-order valence-corrected chi connectivity index (χ3v) is 6.18. The van der Waals surface area contributed by atoms with E-state index >= 15 is 0 Å². The number of likely N-dealkylation sites (N-methyl/N-ethyl adjacent to an activating group) is 1. The van der Waals surface area contributed by atoms with Crippen LogP contribution in [-0.4, -0.2) is 70.6 Å². The summed E-state index contributed by atoms with van der Waals surface area (Å²) in [6.07, 6.45) is 5.23. The first-order valence-electron chi connectivity index (χ1n) is 11.9. The van der Waals surface area contributed by atoms with Gasteiger partial charge in [-0.3, -0.25) is 9.69 Å². The molecule has 1 saturated heterocycles. The van der Waals surface area contributed by atoms with Gasteiger partial charge in [0.15, 0.2) is 5.65 Å². The summed E-state index contributed by atoms with van der Waals surface area (Å²) >= 11 is 0. The first-order valence-corrected chi connectivity index (χ1v) is 11.9. The summed E-state index contributed by atoms with van der Waals surface area (Å²) in [4.78, 5) is 22.1. The van der Waals surface area contributed by atoms with E-state index in [0.717, 1.165) is 60.8 Å². The molecule has 0 unspecified atom stereocenters. The highest BCUT2D eigenvalue weighted by atomic mass is 16.5. The molecule has 4 aromatic rings. The third-order valence-electron chi connectivity index (χ3n) is 6.18. The fourth-order valence-electron chi connectivity index (χ4n) is 4.17. The number of hydrogen-bond acceptors (Lipinski definition) is 6. The van der Waals surface area contributed by atoms with Crippen molar-refractivity contribution in [3.63, 3.8) is 0 Å². The minimum atomic E-state index is -0.197. The lowest BCUT2D eigenvalue weighted by molar-refractivity contribution is 0.102. The van der Waals surface area contributed by atoms with E-state index in [-0.39, 0.29) is 5.91 Å². The average Bonchev–Trinajstić information content (AvgIpc) is 3.37. The summed E-state index contributed by atoms with van der Waals surface area (Å²) in [6.45, 7) is 4.98. The van der Waals surface area contributed by atoms with Gasteiger partial charge in [0.05, 0.1) is 18.9 Å². The van der Waals surface area contributed by atoms with Crippen LogP contribution in [0, 0.1) is 11.8 Å². The van der Waals surface area contributed by atoms with Gasteiger partial charge >= 0.3 is 0 Å². The molecule has 0 aliphatic carbocycles. The Labute approximate surface area is 210 Å². The fraction of sp³-hybridized carbons (Fsp3) is 0.250. The molecule has 0 atom stereocenters. The van der Waals surface area contributed by atoms with Crippen molar-refractivity contribution in [1.82, 2.24) is 24.4 Å². The first kappa shape index (κ1) is 23.5. The average molecular weight is 481 g/mol. The third kappa shape index (κ3) is 5.71. The van der Waals surface area contributed by atoms with Crippen LogP contribution in [0.5, 0.6) is 5.75 Å². The Bertz CT molecular complexity index is 1440. The van der Waals surface area contributed by atoms with Gasteiger partial charge in [0.2, 0.25) is 0 Å². The molecular formula is C28H28N6O2. The predicted octanol–water partition coefficient (Wildman–Crippen LogP) is 3.14. The van der Waals surface area contributed by atoms with E-state index in [1.54, 1.807) is 36.2 Å². The highest BCUT2D eigenvalue weighted by Gasteiger charge is 2.15. The number of piperazine rings is 1. The number of benzene rings is 2. The van der Waals surface area contributed by atoms with E-state index in [2.05, 4.69) is 44.1 Å². The summed E-state index contributed by atoms with van der Waals surface area (Å²) in [7, 11) is 3.79. The normalized spacial score (nSPS) is 14.3. The topological polar surface area (TPSA) is 75.0 Å². The number of nitrogens with zero attached hydrogens (tertiary/aromatic N) is 5. The molecule has 2 aromatic carbocycles. The van der Waals surface area contributed by atoms with Gasteiger partial charge in [-0.25, -0.2) is 9.50 Å². The monoisotopic (exact) mass is 480 g/mol. The van der Waals surface area contributed by atoms with Crippen LogP contribution in [0.4, 0.5) is 5.69 Å². The van der Waals surface area contributed by atoms with Crippen molar-refractivity contribution >= 4 is 17.2 Å². The summed E-state index contributed by atoms with van der Waals surface area (Å²) in [5, 5.41) is 7.21. The molecule has 182 valence electrons. The maximum absolute atomic E-state index is 13.1. The summed E-state index contributed by atoms with van der Waals surface area (Å²) in [5.74, 6) is 6.73. The van der Waals surface area contributed by atoms with Gasteiger partial charge < -0.3 is 15.0 Å². The molecule has 0 spiro atoms. The Balaban J connectivity index is 1.30. The van der Waals surface area contributed by atoms with E-state index < -0.39 is 0 Å². The molecule has 3 heterocycles. The zero-order valence-corrected chi connectivity index (χ0v) is 20.4. The molecule has 36 heavy (non-hydrogen) atoms. The van der Waals surface area contributed by atoms with Crippen LogP contribution in [0.15, 0.2) is 67.1 Å². The highest BCUT2D eigenvalue weighted by molar-refractivity contribution is 6.04. The van der Waals surface area contributed by atoms with E-state index in [9.17, 15) is 4.79 Å². The first-order chi connectivity index (χ1) is 17.6. The second-order valence-electron chi connectivity index (χ2n) is 8.91. The molecule has 0 bridgehead atoms. The SMILES string of the molecule is COc1cc(CN2CCN(C)CC2)cc(NC(=O)c2cccc(C#Cc3cnc4ccnn4c3)c2)c1. The number of carbonyl (C=O) groups is 1. The van der Waals surface area contributed by atoms with E-state index in [1.807, 2.05) is 42.6 Å². The lowest BCUT2D eigenvalue weighted by atomic mass is 10.1. The van der Waals surface area contributed by atoms with Crippen LogP contribution >= 0.6 is 0 Å². The summed E-state index contributed by atoms with van der Waals surface area (Å²) < 4.78 is 7.18. The second kappa shape index (κ2) is 10.6. The summed E-state index contributed by atoms with van der Waals surface area (Å²) in [5.41, 5.74) is 4.60. The number of nitrogens with one attached hydrogen (secondary N) is 1. The minimum absolute atomic E-state index is 0.197. The maximum atomic E-state index is 13.1. The van der Waals surface area contributed by atoms with Gasteiger partial charge in [-0.1, -0.05) is 17.9 Å². The van der Waals surface area contributed by atoms with E-state index in [0.29, 0.717) is 11.3 Å². The van der Waals surface area contributed by atoms with Gasteiger partial charge in [0.1, 0.15) is 5.75 Å². The lowest BCUT2D eigenvalue weighted by Gasteiger charge is -2.32. The number of ether oxygens (including phenoxy) is 1. The minimum Gasteiger partial charge on any atom is -0.497 e. The Kier molecular flexibility index (Phi) is 6.94. The number of rotatable bonds is 5. The van der Waals surface area contributed by atoms with Crippen LogP contribution in [0.3, 0.4) is 0 Å². The Morgan fingerprint density at radius 2 is 1.89 bits per heavy atom.